The van der Waals surface area contributed by atoms with Gasteiger partial charge in [0.25, 0.3) is 0 Å². The van der Waals surface area contributed by atoms with Gasteiger partial charge in [-0.2, -0.15) is 8.42 Å². The number of aromatic hydroxyl groups is 1. The van der Waals surface area contributed by atoms with Crippen molar-refractivity contribution < 1.29 is 31.8 Å². The van der Waals surface area contributed by atoms with E-state index in [0.29, 0.717) is 24.0 Å². The van der Waals surface area contributed by atoms with Gasteiger partial charge in [0.1, 0.15) is 17.6 Å². The molecule has 8 nitrogen and oxygen atoms in total. The summed E-state index contributed by atoms with van der Waals surface area (Å²) in [5.74, 6) is -0.00920. The average molecular weight is 500 g/mol. The van der Waals surface area contributed by atoms with E-state index in [4.69, 9.17) is 8.92 Å². The highest BCUT2D eigenvalue weighted by atomic mass is 32.3. The number of benzene rings is 3. The number of carbonyl (C=O) groups excluding carboxylic acids is 1. The van der Waals surface area contributed by atoms with Gasteiger partial charge in [-0.15, -0.1) is 0 Å². The molecule has 3 N–H and O–H groups in total. The van der Waals surface area contributed by atoms with Crippen LogP contribution in [0, 0.1) is 0 Å². The molecule has 1 atom stereocenters. The fraction of sp³-hybridized carbons (Fsp3) is 0.269. The van der Waals surface area contributed by atoms with Crippen molar-refractivity contribution in [1.82, 2.24) is 5.32 Å². The quantitative estimate of drug-likeness (QED) is 0.201. The maximum absolute atomic E-state index is 12.2. The highest BCUT2D eigenvalue weighted by molar-refractivity contribution is 7.80. The lowest BCUT2D eigenvalue weighted by Crippen LogP contribution is -2.42. The molecule has 3 rings (SSSR count). The smallest absolute Gasteiger partial charge is 0.397 e. The van der Waals surface area contributed by atoms with Crippen molar-refractivity contribution in [2.24, 2.45) is 0 Å². The van der Waals surface area contributed by atoms with Gasteiger partial charge in [-0.1, -0.05) is 48.5 Å². The predicted octanol–water partition coefficient (Wildman–Crippen LogP) is 4.47. The number of phenols is 1. The van der Waals surface area contributed by atoms with Crippen LogP contribution in [0.5, 0.6) is 11.5 Å². The molecule has 3 aromatic rings. The molecule has 0 spiro atoms. The molecule has 0 aromatic heterocycles. The van der Waals surface area contributed by atoms with E-state index in [0.717, 1.165) is 5.56 Å². The third-order valence-electron chi connectivity index (χ3n) is 5.49. The molecule has 0 heterocycles. The summed E-state index contributed by atoms with van der Waals surface area (Å²) in [5, 5.41) is 13.2. The summed E-state index contributed by atoms with van der Waals surface area (Å²) in [6.07, 6.45) is 0.239. The number of hydrogen-bond donors (Lipinski definition) is 3. The summed E-state index contributed by atoms with van der Waals surface area (Å²) in [7, 11) is -4.72. The molecule has 35 heavy (non-hydrogen) atoms. The fourth-order valence-corrected chi connectivity index (χ4v) is 3.94. The van der Waals surface area contributed by atoms with Crippen molar-refractivity contribution in [2.75, 3.05) is 6.54 Å². The van der Waals surface area contributed by atoms with Gasteiger partial charge in [-0.25, -0.2) is 8.98 Å². The van der Waals surface area contributed by atoms with Crippen LogP contribution in [0.3, 0.4) is 0 Å². The second-order valence-electron chi connectivity index (χ2n) is 8.73. The molecule has 0 saturated carbocycles. The number of ether oxygens (including phenoxy) is 1. The first kappa shape index (κ1) is 26.4. The van der Waals surface area contributed by atoms with Crippen LogP contribution in [0.25, 0.3) is 0 Å². The second-order valence-corrected chi connectivity index (χ2v) is 9.78. The summed E-state index contributed by atoms with van der Waals surface area (Å²) in [6.45, 7) is 3.98. The number of rotatable bonds is 11. The largest absolute Gasteiger partial charge is 0.508 e. The van der Waals surface area contributed by atoms with Crippen LogP contribution in [0.1, 0.15) is 47.9 Å². The summed E-state index contributed by atoms with van der Waals surface area (Å²) in [6, 6.07) is 21.8. The van der Waals surface area contributed by atoms with Gasteiger partial charge in [0, 0.05) is 12.1 Å². The summed E-state index contributed by atoms with van der Waals surface area (Å²) >= 11 is 0. The van der Waals surface area contributed by atoms with Crippen molar-refractivity contribution in [3.8, 4) is 11.5 Å². The first-order chi connectivity index (χ1) is 16.5. The van der Waals surface area contributed by atoms with Gasteiger partial charge < -0.3 is 15.2 Å². The van der Waals surface area contributed by atoms with Crippen LogP contribution in [0.15, 0.2) is 78.9 Å². The van der Waals surface area contributed by atoms with Gasteiger partial charge in [0.2, 0.25) is 0 Å². The Bertz CT molecular complexity index is 1230. The highest BCUT2D eigenvalue weighted by Gasteiger charge is 2.24. The number of aryl methyl sites for hydroxylation is 1. The molecule has 0 aliphatic carbocycles. The number of esters is 1. The van der Waals surface area contributed by atoms with Gasteiger partial charge >= 0.3 is 16.4 Å². The summed E-state index contributed by atoms with van der Waals surface area (Å²) in [4.78, 5) is 12.2. The number of phenolic OH excluding ortho intramolecular Hbond substituents is 1. The zero-order valence-electron chi connectivity index (χ0n) is 19.5. The standard InChI is InChI=1S/C26H29NO7S/c1-26(2,17-16-19-8-6-7-11-23(19)28)27-18-24(34-35(30,31)32)20-12-14-22(15-13-20)33-25(29)21-9-4-3-5-10-21/h3-15,24,27-28H,16-18H2,1-2H3,(H,30,31,32). The summed E-state index contributed by atoms with van der Waals surface area (Å²) < 4.78 is 42.5. The Morgan fingerprint density at radius 3 is 2.23 bits per heavy atom. The zero-order valence-corrected chi connectivity index (χ0v) is 20.4. The number of para-hydroxylation sites is 1. The van der Waals surface area contributed by atoms with Gasteiger partial charge in [0.05, 0.1) is 5.56 Å². The Hall–Kier alpha value is -3.24. The number of nitrogens with one attached hydrogen (secondary N) is 1. The van der Waals surface area contributed by atoms with E-state index < -0.39 is 28.0 Å². The molecule has 186 valence electrons. The molecule has 1 unspecified atom stereocenters. The lowest BCUT2D eigenvalue weighted by molar-refractivity contribution is 0.0734. The molecular formula is C26H29NO7S. The molecule has 0 fully saturated rings. The molecule has 0 bridgehead atoms. The fourth-order valence-electron chi connectivity index (χ4n) is 3.47. The van der Waals surface area contributed by atoms with Crippen molar-refractivity contribution in [2.45, 2.75) is 38.3 Å². The molecule has 9 heteroatoms. The van der Waals surface area contributed by atoms with E-state index in [-0.39, 0.29) is 18.0 Å². The Morgan fingerprint density at radius 1 is 0.971 bits per heavy atom. The van der Waals surface area contributed by atoms with E-state index in [1.165, 1.54) is 12.1 Å². The monoisotopic (exact) mass is 499 g/mol. The first-order valence-corrected chi connectivity index (χ1v) is 12.4. The van der Waals surface area contributed by atoms with Crippen LogP contribution in [0.2, 0.25) is 0 Å². The van der Waals surface area contributed by atoms with Crippen LogP contribution in [0.4, 0.5) is 0 Å². The predicted molar refractivity (Wildman–Crippen MR) is 132 cm³/mol. The maximum Gasteiger partial charge on any atom is 0.397 e. The van der Waals surface area contributed by atoms with Gasteiger partial charge in [0.15, 0.2) is 0 Å². The molecular weight excluding hydrogens is 470 g/mol. The Labute approximate surface area is 205 Å². The van der Waals surface area contributed by atoms with Crippen molar-refractivity contribution in [1.29, 1.82) is 0 Å². The van der Waals surface area contributed by atoms with E-state index in [1.54, 1.807) is 54.6 Å². The molecule has 0 radical (unpaired) electrons. The topological polar surface area (TPSA) is 122 Å². The van der Waals surface area contributed by atoms with Gasteiger partial charge in [-0.05, 0) is 68.1 Å². The van der Waals surface area contributed by atoms with Crippen molar-refractivity contribution >= 4 is 16.4 Å². The van der Waals surface area contributed by atoms with E-state index in [2.05, 4.69) is 5.32 Å². The molecule has 3 aromatic carbocycles. The van der Waals surface area contributed by atoms with E-state index in [9.17, 15) is 22.9 Å². The molecule has 0 aliphatic rings. The van der Waals surface area contributed by atoms with Crippen molar-refractivity contribution in [3.05, 3.63) is 95.6 Å². The van der Waals surface area contributed by atoms with Crippen LogP contribution in [-0.2, 0) is 21.0 Å². The Morgan fingerprint density at radius 2 is 1.60 bits per heavy atom. The number of hydrogen-bond acceptors (Lipinski definition) is 7. The second kappa shape index (κ2) is 11.5. The minimum Gasteiger partial charge on any atom is -0.508 e. The molecule has 0 amide bonds. The molecule has 0 aliphatic heterocycles. The molecule has 0 saturated heterocycles. The lowest BCUT2D eigenvalue weighted by atomic mass is 9.94. The minimum atomic E-state index is -4.72. The third-order valence-corrected chi connectivity index (χ3v) is 5.96. The van der Waals surface area contributed by atoms with Crippen LogP contribution in [-0.4, -0.2) is 36.1 Å². The lowest BCUT2D eigenvalue weighted by Gasteiger charge is -2.29. The Kier molecular flexibility index (Phi) is 8.63. The van der Waals surface area contributed by atoms with E-state index >= 15 is 0 Å². The van der Waals surface area contributed by atoms with Crippen LogP contribution >= 0.6 is 0 Å². The number of carbonyl (C=O) groups is 1. The maximum atomic E-state index is 12.2. The normalized spacial score (nSPS) is 12.8. The highest BCUT2D eigenvalue weighted by Crippen LogP contribution is 2.25. The first-order valence-electron chi connectivity index (χ1n) is 11.1. The van der Waals surface area contributed by atoms with Crippen molar-refractivity contribution in [3.63, 3.8) is 0 Å². The minimum absolute atomic E-state index is 0.0801. The Balaban J connectivity index is 1.65. The third kappa shape index (κ3) is 8.48. The average Bonchev–Trinajstić information content (AvgIpc) is 2.82. The van der Waals surface area contributed by atoms with Gasteiger partial charge in [-0.3, -0.25) is 4.55 Å². The SMILES string of the molecule is CC(C)(CCc1ccccc1O)NCC(OS(=O)(=O)O)c1ccc(OC(=O)c2ccccc2)cc1. The summed E-state index contributed by atoms with van der Waals surface area (Å²) in [5.41, 5.74) is 1.24. The van der Waals surface area contributed by atoms with Crippen LogP contribution < -0.4 is 10.1 Å². The van der Waals surface area contributed by atoms with E-state index in [1.807, 2.05) is 26.0 Å². The zero-order chi connectivity index (χ0) is 25.5.